The highest BCUT2D eigenvalue weighted by molar-refractivity contribution is 5.42. The number of aromatic nitrogens is 1. The minimum Gasteiger partial charge on any atom is -0.395 e. The first-order chi connectivity index (χ1) is 6.64. The van der Waals surface area contributed by atoms with Crippen LogP contribution in [-0.2, 0) is 5.41 Å². The Balaban J connectivity index is 2.84. The Bertz CT molecular complexity index is 283. The molecule has 3 heteroatoms. The van der Waals surface area contributed by atoms with E-state index in [1.165, 1.54) is 12.8 Å². The van der Waals surface area contributed by atoms with E-state index < -0.39 is 0 Å². The van der Waals surface area contributed by atoms with Gasteiger partial charge in [-0.15, -0.1) is 0 Å². The summed E-state index contributed by atoms with van der Waals surface area (Å²) in [6.07, 6.45) is 6.13. The maximum Gasteiger partial charge on any atom is 0.165 e. The summed E-state index contributed by atoms with van der Waals surface area (Å²) in [5.41, 5.74) is 6.56. The third-order valence-corrected chi connectivity index (χ3v) is 3.01. The molecule has 0 fully saturated rings. The molecule has 0 spiro atoms. The molecule has 0 saturated heterocycles. The van der Waals surface area contributed by atoms with Gasteiger partial charge in [0, 0.05) is 5.41 Å². The van der Waals surface area contributed by atoms with Crippen LogP contribution in [0.5, 0.6) is 0 Å². The fourth-order valence-corrected chi connectivity index (χ4v) is 1.72. The molecule has 0 aromatic carbocycles. The van der Waals surface area contributed by atoms with Crippen molar-refractivity contribution >= 4 is 5.69 Å². The summed E-state index contributed by atoms with van der Waals surface area (Å²) >= 11 is 0. The van der Waals surface area contributed by atoms with Crippen LogP contribution >= 0.6 is 0 Å². The van der Waals surface area contributed by atoms with Crippen molar-refractivity contribution in [1.82, 2.24) is 5.16 Å². The lowest BCUT2D eigenvalue weighted by Gasteiger charge is -2.25. The van der Waals surface area contributed by atoms with Gasteiger partial charge in [0.25, 0.3) is 0 Å². The molecule has 1 rings (SSSR count). The average molecular weight is 196 g/mol. The molecule has 14 heavy (non-hydrogen) atoms. The van der Waals surface area contributed by atoms with E-state index in [0.717, 1.165) is 18.6 Å². The number of nitrogens with two attached hydrogens (primary N) is 1. The second-order valence-corrected chi connectivity index (χ2v) is 4.13. The number of rotatable bonds is 5. The number of unbranched alkanes of at least 4 members (excludes halogenated alkanes) is 1. The summed E-state index contributed by atoms with van der Waals surface area (Å²) < 4.78 is 5.24. The predicted molar refractivity (Wildman–Crippen MR) is 58.1 cm³/mol. The highest BCUT2D eigenvalue weighted by Crippen LogP contribution is 2.35. The molecule has 3 nitrogen and oxygen atoms in total. The van der Waals surface area contributed by atoms with Crippen LogP contribution < -0.4 is 5.73 Å². The lowest BCUT2D eigenvalue weighted by Crippen LogP contribution is -2.21. The molecule has 1 aromatic rings. The second kappa shape index (κ2) is 4.49. The molecule has 0 amide bonds. The number of nitrogen functional groups attached to an aromatic ring is 1. The third-order valence-electron chi connectivity index (χ3n) is 3.01. The van der Waals surface area contributed by atoms with Crippen LogP contribution in [0.3, 0.4) is 0 Å². The molecule has 0 aliphatic rings. The van der Waals surface area contributed by atoms with Crippen molar-refractivity contribution in [2.45, 2.75) is 51.9 Å². The predicted octanol–water partition coefficient (Wildman–Crippen LogP) is 3.11. The van der Waals surface area contributed by atoms with E-state index in [9.17, 15) is 0 Å². The molecule has 1 unspecified atom stereocenters. The Kier molecular flexibility index (Phi) is 3.55. The van der Waals surface area contributed by atoms with E-state index in [0.29, 0.717) is 5.69 Å². The SMILES string of the molecule is CCCCC(C)(CC)c1oncc1N. The molecule has 80 valence electrons. The summed E-state index contributed by atoms with van der Waals surface area (Å²) in [6, 6.07) is 0. The molecular weight excluding hydrogens is 176 g/mol. The third kappa shape index (κ3) is 2.08. The maximum atomic E-state index is 5.82. The van der Waals surface area contributed by atoms with Crippen LogP contribution in [0.4, 0.5) is 5.69 Å². The lowest BCUT2D eigenvalue weighted by molar-refractivity contribution is 0.279. The van der Waals surface area contributed by atoms with E-state index >= 15 is 0 Å². The average Bonchev–Trinajstić information content (AvgIpc) is 2.61. The summed E-state index contributed by atoms with van der Waals surface area (Å²) in [5.74, 6) is 0.855. The van der Waals surface area contributed by atoms with Gasteiger partial charge in [-0.05, 0) is 12.8 Å². The van der Waals surface area contributed by atoms with Gasteiger partial charge in [0.05, 0.1) is 11.9 Å². The Morgan fingerprint density at radius 1 is 1.50 bits per heavy atom. The van der Waals surface area contributed by atoms with Crippen LogP contribution in [0.1, 0.15) is 52.2 Å². The highest BCUT2D eigenvalue weighted by Gasteiger charge is 2.30. The Hall–Kier alpha value is -0.990. The Labute approximate surface area is 85.7 Å². The zero-order chi connectivity index (χ0) is 10.6. The molecule has 0 bridgehead atoms. The van der Waals surface area contributed by atoms with Crippen molar-refractivity contribution in [2.75, 3.05) is 5.73 Å². The quantitative estimate of drug-likeness (QED) is 0.787. The summed E-state index contributed by atoms with van der Waals surface area (Å²) in [4.78, 5) is 0. The van der Waals surface area contributed by atoms with Crippen LogP contribution in [-0.4, -0.2) is 5.16 Å². The normalized spacial score (nSPS) is 15.4. The number of hydrogen-bond donors (Lipinski definition) is 1. The molecular formula is C11H20N2O. The molecule has 0 radical (unpaired) electrons. The summed E-state index contributed by atoms with van der Waals surface area (Å²) in [7, 11) is 0. The molecule has 2 N–H and O–H groups in total. The number of anilines is 1. The monoisotopic (exact) mass is 196 g/mol. The van der Waals surface area contributed by atoms with E-state index in [-0.39, 0.29) is 5.41 Å². The first-order valence-electron chi connectivity index (χ1n) is 5.34. The number of hydrogen-bond acceptors (Lipinski definition) is 3. The van der Waals surface area contributed by atoms with Gasteiger partial charge >= 0.3 is 0 Å². The number of nitrogens with zero attached hydrogens (tertiary/aromatic N) is 1. The van der Waals surface area contributed by atoms with Crippen LogP contribution in [0.15, 0.2) is 10.7 Å². The first kappa shape index (κ1) is 11.1. The van der Waals surface area contributed by atoms with E-state index in [4.69, 9.17) is 10.3 Å². The Morgan fingerprint density at radius 3 is 2.64 bits per heavy atom. The summed E-state index contributed by atoms with van der Waals surface area (Å²) in [6.45, 7) is 6.55. The van der Waals surface area contributed by atoms with Gasteiger partial charge in [-0.1, -0.05) is 38.8 Å². The van der Waals surface area contributed by atoms with Gasteiger partial charge < -0.3 is 10.3 Å². The van der Waals surface area contributed by atoms with Gasteiger partial charge in [-0.25, -0.2) is 0 Å². The van der Waals surface area contributed by atoms with Crippen LogP contribution in [0.2, 0.25) is 0 Å². The van der Waals surface area contributed by atoms with Gasteiger partial charge in [-0.2, -0.15) is 0 Å². The molecule has 0 aliphatic carbocycles. The fourth-order valence-electron chi connectivity index (χ4n) is 1.72. The minimum absolute atomic E-state index is 0.0522. The zero-order valence-electron chi connectivity index (χ0n) is 9.34. The molecule has 1 aromatic heterocycles. The van der Waals surface area contributed by atoms with Gasteiger partial charge in [0.1, 0.15) is 0 Å². The molecule has 0 aliphatic heterocycles. The first-order valence-corrected chi connectivity index (χ1v) is 5.34. The lowest BCUT2D eigenvalue weighted by atomic mass is 9.79. The van der Waals surface area contributed by atoms with Crippen molar-refractivity contribution < 1.29 is 4.52 Å². The van der Waals surface area contributed by atoms with Crippen molar-refractivity contribution in [3.63, 3.8) is 0 Å². The van der Waals surface area contributed by atoms with E-state index in [1.54, 1.807) is 6.20 Å². The minimum atomic E-state index is 0.0522. The largest absolute Gasteiger partial charge is 0.395 e. The van der Waals surface area contributed by atoms with Crippen molar-refractivity contribution in [2.24, 2.45) is 0 Å². The summed E-state index contributed by atoms with van der Waals surface area (Å²) in [5, 5.41) is 3.74. The standard InChI is InChI=1S/C11H20N2O/c1-4-6-7-11(3,5-2)10-9(12)8-13-14-10/h8H,4-7,12H2,1-3H3. The fraction of sp³-hybridized carbons (Fsp3) is 0.727. The van der Waals surface area contributed by atoms with Crippen LogP contribution in [0, 0.1) is 0 Å². The highest BCUT2D eigenvalue weighted by atomic mass is 16.5. The van der Waals surface area contributed by atoms with E-state index in [1.807, 2.05) is 0 Å². The van der Waals surface area contributed by atoms with E-state index in [2.05, 4.69) is 25.9 Å². The van der Waals surface area contributed by atoms with Crippen LogP contribution in [0.25, 0.3) is 0 Å². The van der Waals surface area contributed by atoms with Gasteiger partial charge in [-0.3, -0.25) is 0 Å². The smallest absolute Gasteiger partial charge is 0.165 e. The van der Waals surface area contributed by atoms with Crippen molar-refractivity contribution in [3.8, 4) is 0 Å². The maximum absolute atomic E-state index is 5.82. The second-order valence-electron chi connectivity index (χ2n) is 4.13. The molecule has 1 atom stereocenters. The van der Waals surface area contributed by atoms with Crippen molar-refractivity contribution in [1.29, 1.82) is 0 Å². The van der Waals surface area contributed by atoms with Gasteiger partial charge in [0.2, 0.25) is 0 Å². The topological polar surface area (TPSA) is 52.0 Å². The Morgan fingerprint density at radius 2 is 2.21 bits per heavy atom. The molecule has 1 heterocycles. The van der Waals surface area contributed by atoms with Gasteiger partial charge in [0.15, 0.2) is 5.76 Å². The zero-order valence-corrected chi connectivity index (χ0v) is 9.34. The molecule has 0 saturated carbocycles. The van der Waals surface area contributed by atoms with Crippen molar-refractivity contribution in [3.05, 3.63) is 12.0 Å².